The van der Waals surface area contributed by atoms with Gasteiger partial charge in [-0.05, 0) is 0 Å². The molecule has 0 N–H and O–H groups in total. The topological polar surface area (TPSA) is 0 Å². The Bertz CT molecular complexity index is 77.1. The summed E-state index contributed by atoms with van der Waals surface area (Å²) in [6.07, 6.45) is 1.02. The van der Waals surface area contributed by atoms with E-state index in [4.69, 9.17) is 0 Å². The molecule has 0 heterocycles. The first kappa shape index (κ1) is 11.3. The molecule has 0 radical (unpaired) electrons. The maximum absolute atomic E-state index is 11.1. The van der Waals surface area contributed by atoms with E-state index < -0.39 is 8.19 Å². The van der Waals surface area contributed by atoms with Gasteiger partial charge in [-0.3, -0.25) is 0 Å². The van der Waals surface area contributed by atoms with Gasteiger partial charge in [0.15, 0.2) is 0 Å². The molecule has 0 unspecified atom stereocenters. The number of hydrogen-bond donors (Lipinski definition) is 0. The molecule has 0 aromatic heterocycles. The molecule has 0 saturated heterocycles. The zero-order valence-electron chi connectivity index (χ0n) is 4.10. The average molecular weight is 189 g/mol. The first-order valence-electron chi connectivity index (χ1n) is 1.77. The van der Waals surface area contributed by atoms with Gasteiger partial charge in [-0.15, -0.1) is 0 Å². The van der Waals surface area contributed by atoms with Crippen molar-refractivity contribution in [2.45, 2.75) is 6.92 Å². The maximum Gasteiger partial charge on any atom is 0 e. The molecule has 5 heteroatoms. The van der Waals surface area contributed by atoms with Crippen molar-refractivity contribution in [1.29, 1.82) is 0 Å². The van der Waals surface area contributed by atoms with Crippen molar-refractivity contribution < 1.29 is 29.1 Å². The first-order chi connectivity index (χ1) is 3.06. The molecular weight excluding hydrogens is 183 g/mol. The molecule has 54 valence electrons. The number of rotatable bonds is 1. The van der Waals surface area contributed by atoms with E-state index in [0.717, 1.165) is 6.08 Å². The monoisotopic (exact) mass is 188 g/mol. The van der Waals surface area contributed by atoms with Crippen LogP contribution in [0.5, 0.6) is 0 Å². The zero-order valence-corrected chi connectivity index (χ0v) is 6.09. The van der Waals surface area contributed by atoms with Gasteiger partial charge in [0.1, 0.15) is 0 Å². The summed E-state index contributed by atoms with van der Waals surface area (Å²) in [7, 11) is -5.34. The molecular formula is C3H6F3NiP. The minimum absolute atomic E-state index is 0. The van der Waals surface area contributed by atoms with Gasteiger partial charge in [-0.25, -0.2) is 0 Å². The van der Waals surface area contributed by atoms with Crippen molar-refractivity contribution in [2.24, 2.45) is 0 Å². The van der Waals surface area contributed by atoms with Gasteiger partial charge >= 0.3 is 39.6 Å². The van der Waals surface area contributed by atoms with E-state index in [1.807, 2.05) is 0 Å². The fraction of sp³-hybridized carbons (Fsp3) is 0.333. The molecule has 0 aromatic rings. The molecule has 0 aliphatic rings. The summed E-state index contributed by atoms with van der Waals surface area (Å²) in [6, 6.07) is 0. The predicted molar refractivity (Wildman–Crippen MR) is 26.5 cm³/mol. The molecule has 8 heavy (non-hydrogen) atoms. The molecule has 0 bridgehead atoms. The molecule has 0 aliphatic carbocycles. The first-order valence-corrected chi connectivity index (χ1v) is 3.48. The van der Waals surface area contributed by atoms with E-state index in [1.165, 1.54) is 6.92 Å². The summed E-state index contributed by atoms with van der Waals surface area (Å²) < 4.78 is 33.3. The van der Waals surface area contributed by atoms with E-state index >= 15 is 0 Å². The third kappa shape index (κ3) is 9.68. The predicted octanol–water partition coefficient (Wildman–Crippen LogP) is 2.92. The summed E-state index contributed by atoms with van der Waals surface area (Å²) >= 11 is 0. The van der Waals surface area contributed by atoms with E-state index in [1.54, 1.807) is 0 Å². The number of allylic oxidation sites excluding steroid dienone is 1. The number of halogens is 3. The molecule has 0 aromatic carbocycles. The fourth-order valence-corrected chi connectivity index (χ4v) is 0.567. The van der Waals surface area contributed by atoms with Gasteiger partial charge in [0.25, 0.3) is 0 Å². The summed E-state index contributed by atoms with van der Waals surface area (Å²) in [4.78, 5) is 0. The van der Waals surface area contributed by atoms with Gasteiger partial charge in [0.2, 0.25) is 0 Å². The SMILES string of the molecule is CC=C[PH](F)(F)F.[Ni]. The van der Waals surface area contributed by atoms with Crippen LogP contribution in [-0.2, 0) is 16.5 Å². The van der Waals surface area contributed by atoms with Crippen molar-refractivity contribution >= 4 is 8.19 Å². The van der Waals surface area contributed by atoms with Gasteiger partial charge in [0.05, 0.1) is 0 Å². The molecule has 0 nitrogen and oxygen atoms in total. The van der Waals surface area contributed by atoms with Crippen molar-refractivity contribution in [3.63, 3.8) is 0 Å². The summed E-state index contributed by atoms with van der Waals surface area (Å²) in [5.74, 6) is 0.326. The minimum atomic E-state index is -5.34. The third-order valence-corrected chi connectivity index (χ3v) is 1.07. The second kappa shape index (κ2) is 4.34. The van der Waals surface area contributed by atoms with E-state index in [0.29, 0.717) is 5.82 Å². The number of hydrogen-bond acceptors (Lipinski definition) is 0. The molecule has 0 atom stereocenters. The fourth-order valence-electron chi connectivity index (χ4n) is 0.189. The Labute approximate surface area is 56.8 Å². The van der Waals surface area contributed by atoms with Crippen LogP contribution in [0.4, 0.5) is 12.6 Å². The van der Waals surface area contributed by atoms with Crippen molar-refractivity contribution in [3.05, 3.63) is 11.9 Å². The Balaban J connectivity index is 0. The van der Waals surface area contributed by atoms with E-state index in [9.17, 15) is 12.6 Å². The molecule has 0 spiro atoms. The van der Waals surface area contributed by atoms with Crippen LogP contribution in [0, 0.1) is 0 Å². The molecule has 0 amide bonds. The van der Waals surface area contributed by atoms with E-state index in [-0.39, 0.29) is 16.5 Å². The van der Waals surface area contributed by atoms with Gasteiger partial charge in [-0.2, -0.15) is 0 Å². The Morgan fingerprint density at radius 3 is 1.62 bits per heavy atom. The second-order valence-electron chi connectivity index (χ2n) is 1.04. The Morgan fingerprint density at radius 2 is 1.62 bits per heavy atom. The normalized spacial score (nSPS) is 13.5. The summed E-state index contributed by atoms with van der Waals surface area (Å²) in [5, 5.41) is 0. The maximum atomic E-state index is 11.1. The van der Waals surface area contributed by atoms with Crippen LogP contribution in [-0.4, -0.2) is 0 Å². The smallest absolute Gasteiger partial charge is 0 e. The zero-order chi connectivity index (χ0) is 5.91. The van der Waals surface area contributed by atoms with Crippen molar-refractivity contribution in [1.82, 2.24) is 0 Å². The molecule has 0 fully saturated rings. The van der Waals surface area contributed by atoms with Crippen LogP contribution in [0.25, 0.3) is 0 Å². The second-order valence-corrected chi connectivity index (χ2v) is 2.46. The molecule has 0 rings (SSSR count). The average Bonchev–Trinajstić information content (AvgIpc) is 1.30. The van der Waals surface area contributed by atoms with Crippen LogP contribution >= 0.6 is 8.19 Å². The van der Waals surface area contributed by atoms with Gasteiger partial charge in [0, 0.05) is 16.5 Å². The minimum Gasteiger partial charge on any atom is 0 e. The molecule has 0 saturated carbocycles. The van der Waals surface area contributed by atoms with Gasteiger partial charge < -0.3 is 0 Å². The summed E-state index contributed by atoms with van der Waals surface area (Å²) in [6.45, 7) is 1.36. The third-order valence-electron chi connectivity index (χ3n) is 0.356. The van der Waals surface area contributed by atoms with Crippen LogP contribution in [0.2, 0.25) is 0 Å². The van der Waals surface area contributed by atoms with Crippen LogP contribution in [0.3, 0.4) is 0 Å². The Hall–Kier alpha value is 0.454. The summed E-state index contributed by atoms with van der Waals surface area (Å²) in [5.41, 5.74) is 0. The Kier molecular flexibility index (Phi) is 6.12. The van der Waals surface area contributed by atoms with Crippen LogP contribution in [0.15, 0.2) is 11.9 Å². The van der Waals surface area contributed by atoms with Crippen molar-refractivity contribution in [2.75, 3.05) is 0 Å². The Morgan fingerprint density at radius 1 is 1.25 bits per heavy atom. The van der Waals surface area contributed by atoms with E-state index in [2.05, 4.69) is 0 Å². The van der Waals surface area contributed by atoms with Gasteiger partial charge in [-0.1, -0.05) is 0 Å². The standard InChI is InChI=1S/C3H6F3P.Ni/c1-2-3-7(4,5)6;/h2-3,7H,1H3;. The van der Waals surface area contributed by atoms with Crippen LogP contribution < -0.4 is 0 Å². The van der Waals surface area contributed by atoms with Crippen LogP contribution in [0.1, 0.15) is 6.92 Å². The largest absolute Gasteiger partial charge is 0 e. The quantitative estimate of drug-likeness (QED) is 0.439. The van der Waals surface area contributed by atoms with Crippen molar-refractivity contribution in [3.8, 4) is 0 Å². The molecule has 0 aliphatic heterocycles.